The van der Waals surface area contributed by atoms with Gasteiger partial charge in [-0.05, 0) is 60.7 Å². The van der Waals surface area contributed by atoms with Gasteiger partial charge in [0.1, 0.15) is 16.8 Å². The van der Waals surface area contributed by atoms with E-state index >= 15 is 0 Å². The zero-order valence-electron chi connectivity index (χ0n) is 15.0. The highest BCUT2D eigenvalue weighted by Crippen LogP contribution is 2.29. The van der Waals surface area contributed by atoms with E-state index in [1.54, 1.807) is 36.4 Å². The van der Waals surface area contributed by atoms with Crippen LogP contribution in [0.25, 0.3) is 0 Å². The number of hydrogen-bond donors (Lipinski definition) is 1. The van der Waals surface area contributed by atoms with Gasteiger partial charge in [0.25, 0.3) is 5.91 Å². The number of halogens is 1. The molecule has 0 bridgehead atoms. The molecule has 3 rings (SSSR count). The molecule has 0 saturated heterocycles. The van der Waals surface area contributed by atoms with E-state index in [0.29, 0.717) is 16.3 Å². The molecule has 1 atom stereocenters. The molecule has 0 fully saturated rings. The standard InChI is InChI=1S/C20H18ClNO5S/c1-26-16-8-4-14(5-9-16)20(23)22-13-19(18-3-2-12-27-18)28(24,25)17-10-6-15(21)7-11-17/h2-12,19H,13H2,1H3,(H,22,23)/t19-/m1/s1. The summed E-state index contributed by atoms with van der Waals surface area (Å²) in [7, 11) is -2.28. The van der Waals surface area contributed by atoms with Crippen molar-refractivity contribution in [3.63, 3.8) is 0 Å². The van der Waals surface area contributed by atoms with Crippen LogP contribution in [0.2, 0.25) is 5.02 Å². The number of furan rings is 1. The lowest BCUT2D eigenvalue weighted by Gasteiger charge is -2.17. The summed E-state index contributed by atoms with van der Waals surface area (Å²) in [6, 6.07) is 15.5. The quantitative estimate of drug-likeness (QED) is 0.628. The van der Waals surface area contributed by atoms with Crippen molar-refractivity contribution < 1.29 is 22.4 Å². The van der Waals surface area contributed by atoms with Gasteiger partial charge >= 0.3 is 0 Å². The number of hydrogen-bond acceptors (Lipinski definition) is 5. The summed E-state index contributed by atoms with van der Waals surface area (Å²) in [5.41, 5.74) is 0.392. The Morgan fingerprint density at radius 3 is 2.36 bits per heavy atom. The highest BCUT2D eigenvalue weighted by atomic mass is 35.5. The molecule has 146 valence electrons. The number of amides is 1. The van der Waals surface area contributed by atoms with Crippen LogP contribution in [-0.2, 0) is 9.84 Å². The Balaban J connectivity index is 1.83. The fourth-order valence-corrected chi connectivity index (χ4v) is 4.37. The molecular formula is C20H18ClNO5S. The maximum Gasteiger partial charge on any atom is 0.251 e. The minimum Gasteiger partial charge on any atom is -0.497 e. The third kappa shape index (κ3) is 4.37. The second-order valence-electron chi connectivity index (χ2n) is 5.94. The number of benzene rings is 2. The van der Waals surface area contributed by atoms with E-state index in [-0.39, 0.29) is 17.2 Å². The Kier molecular flexibility index (Phi) is 6.06. The largest absolute Gasteiger partial charge is 0.497 e. The summed E-state index contributed by atoms with van der Waals surface area (Å²) in [6.07, 6.45) is 1.39. The molecule has 8 heteroatoms. The molecular weight excluding hydrogens is 402 g/mol. The lowest BCUT2D eigenvalue weighted by atomic mass is 10.2. The molecule has 0 aliphatic rings. The van der Waals surface area contributed by atoms with E-state index in [1.165, 1.54) is 37.6 Å². The Labute approximate surface area is 168 Å². The fourth-order valence-electron chi connectivity index (χ4n) is 2.66. The Bertz CT molecular complexity index is 1030. The van der Waals surface area contributed by atoms with Crippen molar-refractivity contribution in [2.24, 2.45) is 0 Å². The topological polar surface area (TPSA) is 85.6 Å². The Hall–Kier alpha value is -2.77. The molecule has 28 heavy (non-hydrogen) atoms. The maximum absolute atomic E-state index is 13.1. The summed E-state index contributed by atoms with van der Waals surface area (Å²) < 4.78 is 36.6. The van der Waals surface area contributed by atoms with Gasteiger partial charge in [-0.3, -0.25) is 4.79 Å². The smallest absolute Gasteiger partial charge is 0.251 e. The third-order valence-electron chi connectivity index (χ3n) is 4.18. The minimum absolute atomic E-state index is 0.0944. The van der Waals surface area contributed by atoms with E-state index in [9.17, 15) is 13.2 Å². The van der Waals surface area contributed by atoms with Gasteiger partial charge in [0.2, 0.25) is 0 Å². The number of rotatable bonds is 7. The SMILES string of the molecule is COc1ccc(C(=O)NC[C@H](c2ccco2)S(=O)(=O)c2ccc(Cl)cc2)cc1. The van der Waals surface area contributed by atoms with Gasteiger partial charge in [-0.2, -0.15) is 0 Å². The minimum atomic E-state index is -3.82. The van der Waals surface area contributed by atoms with E-state index in [0.717, 1.165) is 0 Å². The van der Waals surface area contributed by atoms with E-state index in [2.05, 4.69) is 5.32 Å². The summed E-state index contributed by atoms with van der Waals surface area (Å²) in [5.74, 6) is 0.464. The summed E-state index contributed by atoms with van der Waals surface area (Å²) >= 11 is 5.85. The van der Waals surface area contributed by atoms with Gasteiger partial charge in [-0.25, -0.2) is 8.42 Å². The van der Waals surface area contributed by atoms with Crippen LogP contribution < -0.4 is 10.1 Å². The van der Waals surface area contributed by atoms with Gasteiger partial charge in [0, 0.05) is 17.1 Å². The van der Waals surface area contributed by atoms with Gasteiger partial charge < -0.3 is 14.5 Å². The van der Waals surface area contributed by atoms with Crippen molar-refractivity contribution in [2.75, 3.05) is 13.7 Å². The molecule has 1 N–H and O–H groups in total. The molecule has 0 unspecified atom stereocenters. The molecule has 0 radical (unpaired) electrons. The van der Waals surface area contributed by atoms with Crippen LogP contribution in [0.5, 0.6) is 5.75 Å². The van der Waals surface area contributed by atoms with Crippen molar-refractivity contribution >= 4 is 27.3 Å². The average molecular weight is 420 g/mol. The highest BCUT2D eigenvalue weighted by Gasteiger charge is 2.32. The zero-order chi connectivity index (χ0) is 20.1. The van der Waals surface area contributed by atoms with Crippen LogP contribution in [0, 0.1) is 0 Å². The number of carbonyl (C=O) groups is 1. The van der Waals surface area contributed by atoms with Crippen molar-refractivity contribution in [3.8, 4) is 5.75 Å². The van der Waals surface area contributed by atoms with Crippen LogP contribution in [0.15, 0.2) is 76.2 Å². The number of sulfone groups is 1. The third-order valence-corrected chi connectivity index (χ3v) is 6.51. The van der Waals surface area contributed by atoms with Crippen molar-refractivity contribution in [3.05, 3.63) is 83.3 Å². The van der Waals surface area contributed by atoms with Crippen molar-refractivity contribution in [1.82, 2.24) is 5.32 Å². The predicted molar refractivity (Wildman–Crippen MR) is 105 cm³/mol. The molecule has 1 heterocycles. The molecule has 0 spiro atoms. The van der Waals surface area contributed by atoms with E-state index < -0.39 is 21.0 Å². The summed E-state index contributed by atoms with van der Waals surface area (Å²) in [4.78, 5) is 12.5. The lowest BCUT2D eigenvalue weighted by molar-refractivity contribution is 0.0953. The zero-order valence-corrected chi connectivity index (χ0v) is 16.5. The van der Waals surface area contributed by atoms with E-state index in [1.807, 2.05) is 0 Å². The summed E-state index contributed by atoms with van der Waals surface area (Å²) in [5, 5.41) is 2.02. The number of nitrogens with one attached hydrogen (secondary N) is 1. The number of carbonyl (C=O) groups excluding carboxylic acids is 1. The first-order valence-corrected chi connectivity index (χ1v) is 10.3. The van der Waals surface area contributed by atoms with Gasteiger partial charge in [-0.15, -0.1) is 0 Å². The van der Waals surface area contributed by atoms with Crippen molar-refractivity contribution in [2.45, 2.75) is 10.1 Å². The average Bonchev–Trinajstić information content (AvgIpc) is 3.22. The monoisotopic (exact) mass is 419 g/mol. The number of ether oxygens (including phenoxy) is 1. The first-order chi connectivity index (χ1) is 13.4. The van der Waals surface area contributed by atoms with Crippen LogP contribution in [-0.4, -0.2) is 28.0 Å². The Morgan fingerprint density at radius 2 is 1.79 bits per heavy atom. The number of methoxy groups -OCH3 is 1. The molecule has 6 nitrogen and oxygen atoms in total. The predicted octanol–water partition coefficient (Wildman–Crippen LogP) is 3.89. The Morgan fingerprint density at radius 1 is 1.11 bits per heavy atom. The van der Waals surface area contributed by atoms with E-state index in [4.69, 9.17) is 20.8 Å². The van der Waals surface area contributed by atoms with Crippen LogP contribution in [0.3, 0.4) is 0 Å². The fraction of sp³-hybridized carbons (Fsp3) is 0.150. The first-order valence-electron chi connectivity index (χ1n) is 8.37. The normalized spacial score (nSPS) is 12.4. The molecule has 0 aliphatic carbocycles. The maximum atomic E-state index is 13.1. The van der Waals surface area contributed by atoms with Gasteiger partial charge in [0.15, 0.2) is 9.84 Å². The molecule has 3 aromatic rings. The highest BCUT2D eigenvalue weighted by molar-refractivity contribution is 7.91. The van der Waals surface area contributed by atoms with Gasteiger partial charge in [-0.1, -0.05) is 11.6 Å². The molecule has 0 aliphatic heterocycles. The first kappa shape index (κ1) is 20.0. The van der Waals surface area contributed by atoms with Crippen molar-refractivity contribution in [1.29, 1.82) is 0 Å². The lowest BCUT2D eigenvalue weighted by Crippen LogP contribution is -2.31. The van der Waals surface area contributed by atoms with Gasteiger partial charge in [0.05, 0.1) is 18.3 Å². The molecule has 1 amide bonds. The summed E-state index contributed by atoms with van der Waals surface area (Å²) in [6.45, 7) is -0.149. The molecule has 0 saturated carbocycles. The molecule has 1 aromatic heterocycles. The van der Waals surface area contributed by atoms with Crippen LogP contribution in [0.1, 0.15) is 21.4 Å². The molecule has 2 aromatic carbocycles. The van der Waals surface area contributed by atoms with Crippen LogP contribution in [0.4, 0.5) is 0 Å². The van der Waals surface area contributed by atoms with Crippen LogP contribution >= 0.6 is 11.6 Å². The second-order valence-corrected chi connectivity index (χ2v) is 8.51. The second kappa shape index (κ2) is 8.50.